The molecule has 0 aliphatic rings. The molecule has 0 saturated carbocycles. The number of benzene rings is 1. The van der Waals surface area contributed by atoms with E-state index in [9.17, 15) is 4.79 Å². The normalized spacial score (nSPS) is 8.88. The van der Waals surface area contributed by atoms with Crippen LogP contribution in [-0.4, -0.2) is 18.6 Å². The lowest BCUT2D eigenvalue weighted by atomic mass is 10.3. The molecule has 0 spiro atoms. The molecule has 1 aromatic rings. The molecule has 1 amide bonds. The fourth-order valence-electron chi connectivity index (χ4n) is 0.887. The molecule has 0 aromatic heterocycles. The maximum Gasteiger partial charge on any atom is 0.412 e. The molecular formula is C11H9Cl2NO2. The monoisotopic (exact) mass is 257 g/mol. The van der Waals surface area contributed by atoms with Gasteiger partial charge in [-0.3, -0.25) is 5.32 Å². The van der Waals surface area contributed by atoms with Crippen LogP contribution in [0.2, 0.25) is 5.02 Å². The number of hydrogen-bond donors (Lipinski definition) is 1. The van der Waals surface area contributed by atoms with Gasteiger partial charge in [-0.05, 0) is 24.3 Å². The van der Waals surface area contributed by atoms with Gasteiger partial charge in [0.1, 0.15) is 0 Å². The Hall–Kier alpha value is -1.37. The number of carbonyl (C=O) groups is 1. The lowest BCUT2D eigenvalue weighted by Crippen LogP contribution is -2.13. The smallest absolute Gasteiger partial charge is 0.412 e. The van der Waals surface area contributed by atoms with Crippen molar-refractivity contribution in [1.82, 2.24) is 0 Å². The first-order valence-corrected chi connectivity index (χ1v) is 5.34. The molecule has 5 heteroatoms. The van der Waals surface area contributed by atoms with Gasteiger partial charge in [0.15, 0.2) is 6.61 Å². The maximum atomic E-state index is 11.2. The average Bonchev–Trinajstić information content (AvgIpc) is 2.28. The summed E-state index contributed by atoms with van der Waals surface area (Å²) in [5, 5.41) is 3.13. The van der Waals surface area contributed by atoms with Crippen molar-refractivity contribution in [1.29, 1.82) is 0 Å². The van der Waals surface area contributed by atoms with E-state index in [2.05, 4.69) is 17.2 Å². The van der Waals surface area contributed by atoms with Crippen molar-refractivity contribution in [3.05, 3.63) is 29.3 Å². The minimum absolute atomic E-state index is 0.0200. The Labute approximate surface area is 104 Å². The molecule has 16 heavy (non-hydrogen) atoms. The molecule has 0 aliphatic carbocycles. The zero-order chi connectivity index (χ0) is 11.8. The van der Waals surface area contributed by atoms with Gasteiger partial charge in [-0.2, -0.15) is 0 Å². The van der Waals surface area contributed by atoms with Gasteiger partial charge < -0.3 is 4.74 Å². The SMILES string of the molecule is O=C(Nc1ccc(Cl)cc1)OCC#CCCl. The summed E-state index contributed by atoms with van der Waals surface area (Å²) in [5.74, 6) is 5.37. The fraction of sp³-hybridized carbons (Fsp3) is 0.182. The molecule has 0 aliphatic heterocycles. The third-order valence-electron chi connectivity index (χ3n) is 1.56. The lowest BCUT2D eigenvalue weighted by Gasteiger charge is -2.04. The van der Waals surface area contributed by atoms with Crippen LogP contribution in [0.5, 0.6) is 0 Å². The second-order valence-electron chi connectivity index (χ2n) is 2.70. The van der Waals surface area contributed by atoms with Crippen molar-refractivity contribution in [3.8, 4) is 11.8 Å². The minimum Gasteiger partial charge on any atom is -0.436 e. The lowest BCUT2D eigenvalue weighted by molar-refractivity contribution is 0.176. The van der Waals surface area contributed by atoms with E-state index in [1.807, 2.05) is 0 Å². The maximum absolute atomic E-state index is 11.2. The van der Waals surface area contributed by atoms with Gasteiger partial charge in [0, 0.05) is 10.7 Å². The number of rotatable bonds is 2. The zero-order valence-corrected chi connectivity index (χ0v) is 9.81. The predicted octanol–water partition coefficient (Wildman–Crippen LogP) is 3.13. The third-order valence-corrected chi connectivity index (χ3v) is 1.94. The van der Waals surface area contributed by atoms with Gasteiger partial charge in [-0.25, -0.2) is 4.79 Å². The quantitative estimate of drug-likeness (QED) is 0.653. The molecule has 0 fully saturated rings. The van der Waals surface area contributed by atoms with Gasteiger partial charge in [0.2, 0.25) is 0 Å². The van der Waals surface area contributed by atoms with Crippen molar-refractivity contribution in [3.63, 3.8) is 0 Å². The van der Waals surface area contributed by atoms with Crippen molar-refractivity contribution < 1.29 is 9.53 Å². The molecule has 0 heterocycles. The van der Waals surface area contributed by atoms with E-state index < -0.39 is 6.09 Å². The van der Waals surface area contributed by atoms with Crippen LogP contribution in [0.25, 0.3) is 0 Å². The summed E-state index contributed by atoms with van der Waals surface area (Å²) in [6.45, 7) is 0.0200. The molecule has 1 aromatic carbocycles. The molecule has 0 unspecified atom stereocenters. The molecule has 0 bridgehead atoms. The van der Waals surface area contributed by atoms with Crippen LogP contribution < -0.4 is 5.32 Å². The van der Waals surface area contributed by atoms with Crippen LogP contribution in [0.4, 0.5) is 10.5 Å². The standard InChI is InChI=1S/C11H9Cl2NO2/c12-7-1-2-8-16-11(15)14-10-5-3-9(13)4-6-10/h3-6H,7-8H2,(H,14,15). The number of hydrogen-bond acceptors (Lipinski definition) is 2. The van der Waals surface area contributed by atoms with E-state index in [1.54, 1.807) is 24.3 Å². The number of alkyl halides is 1. The fourth-order valence-corrected chi connectivity index (χ4v) is 1.11. The van der Waals surface area contributed by atoms with Gasteiger partial charge >= 0.3 is 6.09 Å². The van der Waals surface area contributed by atoms with E-state index in [-0.39, 0.29) is 12.5 Å². The summed E-state index contributed by atoms with van der Waals surface area (Å²) in [6.07, 6.45) is -0.564. The first-order chi connectivity index (χ1) is 7.72. The van der Waals surface area contributed by atoms with E-state index >= 15 is 0 Å². The summed E-state index contributed by atoms with van der Waals surface area (Å²) >= 11 is 11.0. The number of amides is 1. The highest BCUT2D eigenvalue weighted by Gasteiger charge is 2.01. The van der Waals surface area contributed by atoms with Crippen LogP contribution >= 0.6 is 23.2 Å². The zero-order valence-electron chi connectivity index (χ0n) is 8.30. The second-order valence-corrected chi connectivity index (χ2v) is 3.40. The highest BCUT2D eigenvalue weighted by atomic mass is 35.5. The Bertz CT molecular complexity index is 406. The Morgan fingerprint density at radius 2 is 2.00 bits per heavy atom. The van der Waals surface area contributed by atoms with E-state index in [0.717, 1.165) is 0 Å². The second kappa shape index (κ2) is 7.00. The number of ether oxygens (including phenoxy) is 1. The minimum atomic E-state index is -0.564. The summed E-state index contributed by atoms with van der Waals surface area (Å²) in [5.41, 5.74) is 0.611. The predicted molar refractivity (Wildman–Crippen MR) is 64.9 cm³/mol. The van der Waals surface area contributed by atoms with Crippen LogP contribution in [0.15, 0.2) is 24.3 Å². The Kier molecular flexibility index (Phi) is 5.55. The highest BCUT2D eigenvalue weighted by molar-refractivity contribution is 6.30. The molecule has 0 radical (unpaired) electrons. The largest absolute Gasteiger partial charge is 0.436 e. The summed E-state index contributed by atoms with van der Waals surface area (Å²) in [7, 11) is 0. The third kappa shape index (κ3) is 4.92. The topological polar surface area (TPSA) is 38.3 Å². The molecular weight excluding hydrogens is 249 g/mol. The molecule has 3 nitrogen and oxygen atoms in total. The van der Waals surface area contributed by atoms with Gasteiger partial charge in [-0.1, -0.05) is 23.4 Å². The number of carbonyl (C=O) groups excluding carboxylic acids is 1. The number of anilines is 1. The molecule has 1 rings (SSSR count). The highest BCUT2D eigenvalue weighted by Crippen LogP contribution is 2.13. The van der Waals surface area contributed by atoms with E-state index in [0.29, 0.717) is 10.7 Å². The van der Waals surface area contributed by atoms with Crippen molar-refractivity contribution >= 4 is 35.0 Å². The van der Waals surface area contributed by atoms with Crippen molar-refractivity contribution in [2.45, 2.75) is 0 Å². The van der Waals surface area contributed by atoms with Crippen LogP contribution in [0.3, 0.4) is 0 Å². The van der Waals surface area contributed by atoms with Crippen LogP contribution in [-0.2, 0) is 4.74 Å². The summed E-state index contributed by atoms with van der Waals surface area (Å²) in [6, 6.07) is 6.69. The van der Waals surface area contributed by atoms with Gasteiger partial charge in [0.05, 0.1) is 5.88 Å². The number of nitrogens with one attached hydrogen (secondary N) is 1. The van der Waals surface area contributed by atoms with Gasteiger partial charge in [0.25, 0.3) is 0 Å². The Morgan fingerprint density at radius 3 is 2.62 bits per heavy atom. The number of halogens is 2. The van der Waals surface area contributed by atoms with Gasteiger partial charge in [-0.15, -0.1) is 11.6 Å². The average molecular weight is 258 g/mol. The molecule has 0 saturated heterocycles. The van der Waals surface area contributed by atoms with Crippen molar-refractivity contribution in [2.75, 3.05) is 17.8 Å². The van der Waals surface area contributed by atoms with Crippen LogP contribution in [0, 0.1) is 11.8 Å². The summed E-state index contributed by atoms with van der Waals surface area (Å²) in [4.78, 5) is 11.2. The first-order valence-electron chi connectivity index (χ1n) is 4.43. The molecule has 0 atom stereocenters. The summed E-state index contributed by atoms with van der Waals surface area (Å²) < 4.78 is 4.76. The first kappa shape index (κ1) is 12.7. The Morgan fingerprint density at radius 1 is 1.31 bits per heavy atom. The molecule has 84 valence electrons. The Balaban J connectivity index is 2.37. The van der Waals surface area contributed by atoms with E-state index in [1.165, 1.54) is 0 Å². The van der Waals surface area contributed by atoms with Crippen molar-refractivity contribution in [2.24, 2.45) is 0 Å². The van der Waals surface area contributed by atoms with E-state index in [4.69, 9.17) is 27.9 Å². The molecule has 1 N–H and O–H groups in total. The van der Waals surface area contributed by atoms with Crippen LogP contribution in [0.1, 0.15) is 0 Å².